The highest BCUT2D eigenvalue weighted by Crippen LogP contribution is 2.27. The smallest absolute Gasteiger partial charge is 0.261 e. The first-order chi connectivity index (χ1) is 13.2. The molecule has 0 spiro atoms. The lowest BCUT2D eigenvalue weighted by atomic mass is 9.92. The fraction of sp³-hybridized carbons (Fsp3) is 0.238. The minimum Gasteiger partial charge on any atom is -0.508 e. The van der Waals surface area contributed by atoms with E-state index >= 15 is 0 Å². The van der Waals surface area contributed by atoms with Gasteiger partial charge < -0.3 is 15.7 Å². The SMILES string of the molecule is O=C(NCC(c1ccc(O)cc1)c1cccnc1)c1cc2c(s1)CCNC2. The van der Waals surface area contributed by atoms with Crippen LogP contribution in [0.4, 0.5) is 0 Å². The van der Waals surface area contributed by atoms with E-state index in [0.717, 1.165) is 35.5 Å². The molecule has 1 aliphatic rings. The third-order valence-electron chi connectivity index (χ3n) is 4.81. The Balaban J connectivity index is 1.52. The molecule has 0 fully saturated rings. The van der Waals surface area contributed by atoms with Crippen molar-refractivity contribution in [2.24, 2.45) is 0 Å². The van der Waals surface area contributed by atoms with Crippen LogP contribution in [0, 0.1) is 0 Å². The van der Waals surface area contributed by atoms with Crippen LogP contribution in [0.2, 0.25) is 0 Å². The van der Waals surface area contributed by atoms with E-state index in [9.17, 15) is 9.90 Å². The second kappa shape index (κ2) is 7.90. The number of aromatic nitrogens is 1. The minimum atomic E-state index is -0.0398. The van der Waals surface area contributed by atoms with Gasteiger partial charge in [0.15, 0.2) is 0 Å². The lowest BCUT2D eigenvalue weighted by molar-refractivity contribution is 0.0956. The third-order valence-corrected chi connectivity index (χ3v) is 6.05. The number of phenols is 1. The molecule has 0 aliphatic carbocycles. The van der Waals surface area contributed by atoms with Crippen molar-refractivity contribution in [2.45, 2.75) is 18.9 Å². The van der Waals surface area contributed by atoms with Gasteiger partial charge in [-0.05, 0) is 47.4 Å². The summed E-state index contributed by atoms with van der Waals surface area (Å²) < 4.78 is 0. The van der Waals surface area contributed by atoms with Crippen LogP contribution in [0.1, 0.15) is 37.2 Å². The summed E-state index contributed by atoms with van der Waals surface area (Å²) in [6.45, 7) is 2.28. The number of hydrogen-bond acceptors (Lipinski definition) is 5. The Bertz CT molecular complexity index is 899. The molecule has 5 nitrogen and oxygen atoms in total. The van der Waals surface area contributed by atoms with Crippen molar-refractivity contribution in [2.75, 3.05) is 13.1 Å². The van der Waals surface area contributed by atoms with Crippen molar-refractivity contribution in [3.63, 3.8) is 0 Å². The van der Waals surface area contributed by atoms with Crippen molar-refractivity contribution in [3.05, 3.63) is 81.3 Å². The molecule has 0 radical (unpaired) electrons. The van der Waals surface area contributed by atoms with Crippen LogP contribution in [0.5, 0.6) is 5.75 Å². The largest absolute Gasteiger partial charge is 0.508 e. The van der Waals surface area contributed by atoms with E-state index < -0.39 is 0 Å². The number of aromatic hydroxyl groups is 1. The number of pyridine rings is 1. The quantitative estimate of drug-likeness (QED) is 0.637. The number of rotatable bonds is 5. The average molecular weight is 379 g/mol. The molecule has 1 unspecified atom stereocenters. The van der Waals surface area contributed by atoms with Gasteiger partial charge in [0.05, 0.1) is 4.88 Å². The number of phenolic OH excluding ortho intramolecular Hbond substituents is 1. The van der Waals surface area contributed by atoms with Crippen molar-refractivity contribution in [1.82, 2.24) is 15.6 Å². The normalized spacial score (nSPS) is 14.4. The summed E-state index contributed by atoms with van der Waals surface area (Å²) in [6.07, 6.45) is 4.54. The zero-order valence-corrected chi connectivity index (χ0v) is 15.6. The number of nitrogens with zero attached hydrogens (tertiary/aromatic N) is 1. The highest BCUT2D eigenvalue weighted by Gasteiger charge is 2.19. The molecule has 1 atom stereocenters. The maximum atomic E-state index is 12.7. The number of carbonyl (C=O) groups excluding carboxylic acids is 1. The van der Waals surface area contributed by atoms with Crippen molar-refractivity contribution < 1.29 is 9.90 Å². The van der Waals surface area contributed by atoms with E-state index in [1.54, 1.807) is 29.7 Å². The van der Waals surface area contributed by atoms with Crippen LogP contribution in [-0.2, 0) is 13.0 Å². The Morgan fingerprint density at radius 3 is 2.85 bits per heavy atom. The summed E-state index contributed by atoms with van der Waals surface area (Å²) in [5.74, 6) is 0.159. The zero-order valence-electron chi connectivity index (χ0n) is 14.8. The van der Waals surface area contributed by atoms with E-state index in [2.05, 4.69) is 15.6 Å². The summed E-state index contributed by atoms with van der Waals surface area (Å²) in [4.78, 5) is 19.0. The summed E-state index contributed by atoms with van der Waals surface area (Å²) in [5, 5.41) is 16.0. The van der Waals surface area contributed by atoms with Gasteiger partial charge in [0.25, 0.3) is 5.91 Å². The lowest BCUT2D eigenvalue weighted by Gasteiger charge is -2.18. The van der Waals surface area contributed by atoms with Gasteiger partial charge in [-0.2, -0.15) is 0 Å². The maximum absolute atomic E-state index is 12.7. The molecule has 138 valence electrons. The number of amides is 1. The Hall–Kier alpha value is -2.70. The number of fused-ring (bicyclic) bond motifs is 1. The summed E-state index contributed by atoms with van der Waals surface area (Å²) in [6, 6.07) is 13.0. The third kappa shape index (κ3) is 4.02. The van der Waals surface area contributed by atoms with Crippen LogP contribution in [0.25, 0.3) is 0 Å². The van der Waals surface area contributed by atoms with Gasteiger partial charge >= 0.3 is 0 Å². The van der Waals surface area contributed by atoms with Gasteiger partial charge in [-0.15, -0.1) is 11.3 Å². The number of hydrogen-bond donors (Lipinski definition) is 3. The van der Waals surface area contributed by atoms with Crippen LogP contribution in [0.15, 0.2) is 54.9 Å². The van der Waals surface area contributed by atoms with Gasteiger partial charge in [0.2, 0.25) is 0 Å². The predicted molar refractivity (Wildman–Crippen MR) is 106 cm³/mol. The first kappa shape index (κ1) is 17.7. The highest BCUT2D eigenvalue weighted by molar-refractivity contribution is 7.14. The number of carbonyl (C=O) groups is 1. The molecule has 4 rings (SSSR count). The van der Waals surface area contributed by atoms with Crippen molar-refractivity contribution in [1.29, 1.82) is 0 Å². The molecular formula is C21H21N3O2S. The number of benzene rings is 1. The lowest BCUT2D eigenvalue weighted by Crippen LogP contribution is -2.28. The second-order valence-corrected chi connectivity index (χ2v) is 7.76. The monoisotopic (exact) mass is 379 g/mol. The molecule has 0 saturated carbocycles. The molecule has 1 amide bonds. The second-order valence-electron chi connectivity index (χ2n) is 6.63. The van der Waals surface area contributed by atoms with Crippen LogP contribution in [-0.4, -0.2) is 29.1 Å². The minimum absolute atomic E-state index is 0.0282. The van der Waals surface area contributed by atoms with Gasteiger partial charge in [-0.25, -0.2) is 0 Å². The molecule has 3 heterocycles. The Labute approximate surface area is 162 Å². The molecular weight excluding hydrogens is 358 g/mol. The van der Waals surface area contributed by atoms with Gasteiger partial charge in [-0.1, -0.05) is 18.2 Å². The Morgan fingerprint density at radius 2 is 2.11 bits per heavy atom. The van der Waals surface area contributed by atoms with Crippen LogP contribution >= 0.6 is 11.3 Å². The van der Waals surface area contributed by atoms with Crippen molar-refractivity contribution in [3.8, 4) is 5.75 Å². The standard InChI is InChI=1S/C21H21N3O2S/c25-17-5-3-14(4-6-17)18(15-2-1-8-22-11-15)13-24-21(26)20-10-16-12-23-9-7-19(16)27-20/h1-6,8,10-11,18,23,25H,7,9,12-13H2,(H,24,26). The first-order valence-electron chi connectivity index (χ1n) is 9.00. The topological polar surface area (TPSA) is 74.2 Å². The van der Waals surface area contributed by atoms with E-state index in [0.29, 0.717) is 6.54 Å². The predicted octanol–water partition coefficient (Wildman–Crippen LogP) is 3.06. The molecule has 27 heavy (non-hydrogen) atoms. The summed E-state index contributed by atoms with van der Waals surface area (Å²) in [5.41, 5.74) is 3.28. The zero-order chi connectivity index (χ0) is 18.6. The first-order valence-corrected chi connectivity index (χ1v) is 9.81. The van der Waals surface area contributed by atoms with Crippen molar-refractivity contribution >= 4 is 17.2 Å². The highest BCUT2D eigenvalue weighted by atomic mass is 32.1. The van der Waals surface area contributed by atoms with E-state index in [-0.39, 0.29) is 17.6 Å². The molecule has 1 aliphatic heterocycles. The Morgan fingerprint density at radius 1 is 1.26 bits per heavy atom. The number of thiophene rings is 1. The molecule has 3 N–H and O–H groups in total. The van der Waals surface area contributed by atoms with Crippen LogP contribution in [0.3, 0.4) is 0 Å². The Kier molecular flexibility index (Phi) is 5.18. The van der Waals surface area contributed by atoms with E-state index in [1.807, 2.05) is 36.5 Å². The van der Waals surface area contributed by atoms with Gasteiger partial charge in [0, 0.05) is 42.8 Å². The molecule has 3 aromatic rings. The average Bonchev–Trinajstić information content (AvgIpc) is 3.14. The molecule has 1 aromatic carbocycles. The van der Waals surface area contributed by atoms with Crippen LogP contribution < -0.4 is 10.6 Å². The fourth-order valence-electron chi connectivity index (χ4n) is 3.36. The molecule has 0 bridgehead atoms. The molecule has 6 heteroatoms. The molecule has 2 aromatic heterocycles. The van der Waals surface area contributed by atoms with Gasteiger partial charge in [0.1, 0.15) is 5.75 Å². The summed E-state index contributed by atoms with van der Waals surface area (Å²) >= 11 is 1.59. The maximum Gasteiger partial charge on any atom is 0.261 e. The fourth-order valence-corrected chi connectivity index (χ4v) is 4.46. The summed E-state index contributed by atoms with van der Waals surface area (Å²) in [7, 11) is 0. The van der Waals surface area contributed by atoms with Gasteiger partial charge in [-0.3, -0.25) is 9.78 Å². The number of nitrogens with one attached hydrogen (secondary N) is 2. The molecule has 0 saturated heterocycles. The van der Waals surface area contributed by atoms with E-state index in [1.165, 1.54) is 10.4 Å². The van der Waals surface area contributed by atoms with E-state index in [4.69, 9.17) is 0 Å².